The number of oxime groups is 1. The summed E-state index contributed by atoms with van der Waals surface area (Å²) in [6.45, 7) is 0. The van der Waals surface area contributed by atoms with Crippen LogP contribution in [0, 0.1) is 10.1 Å². The molecule has 0 saturated carbocycles. The lowest BCUT2D eigenvalue weighted by Gasteiger charge is -1.98. The zero-order chi connectivity index (χ0) is 12.8. The first-order valence-corrected chi connectivity index (χ1v) is 4.92. The molecule has 1 rings (SSSR count). The Balaban J connectivity index is 2.73. The molecule has 0 aliphatic carbocycles. The van der Waals surface area contributed by atoms with Crippen molar-refractivity contribution in [3.05, 3.63) is 39.9 Å². The average Bonchev–Trinajstić information content (AvgIpc) is 2.35. The highest BCUT2D eigenvalue weighted by Gasteiger charge is 2.10. The number of non-ortho nitro benzene ring substituents is 1. The van der Waals surface area contributed by atoms with Crippen LogP contribution in [0.2, 0.25) is 0 Å². The van der Waals surface area contributed by atoms with Gasteiger partial charge in [0, 0.05) is 12.1 Å². The minimum Gasteiger partial charge on any atom is -0.383 e. The lowest BCUT2D eigenvalue weighted by molar-refractivity contribution is -0.384. The van der Waals surface area contributed by atoms with Crippen molar-refractivity contribution in [2.24, 2.45) is 10.9 Å². The first-order chi connectivity index (χ1) is 8.04. The van der Waals surface area contributed by atoms with Crippen LogP contribution in [-0.4, -0.2) is 22.6 Å². The predicted octanol–water partition coefficient (Wildman–Crippen LogP) is 1.26. The fourth-order valence-electron chi connectivity index (χ4n) is 0.896. The van der Waals surface area contributed by atoms with Crippen molar-refractivity contribution in [1.82, 2.24) is 0 Å². The van der Waals surface area contributed by atoms with Crippen LogP contribution in [-0.2, 0) is 4.84 Å². The molecule has 0 spiro atoms. The summed E-state index contributed by atoms with van der Waals surface area (Å²) in [6.07, 6.45) is 0. The summed E-state index contributed by atoms with van der Waals surface area (Å²) in [5.74, 6) is -0.872. The molecule has 0 radical (unpaired) electrons. The molecule has 0 aliphatic rings. The number of amidine groups is 1. The topological polar surface area (TPSA) is 108 Å². The van der Waals surface area contributed by atoms with Gasteiger partial charge in [0.25, 0.3) is 5.69 Å². The third-order valence-electron chi connectivity index (χ3n) is 1.70. The summed E-state index contributed by atoms with van der Waals surface area (Å²) in [7, 11) is 0. The van der Waals surface area contributed by atoms with Gasteiger partial charge >= 0.3 is 5.97 Å². The number of carbonyl (C=O) groups excluding carboxylic acids is 1. The first-order valence-electron chi connectivity index (χ1n) is 4.38. The molecule has 8 heteroatoms. The Kier molecular flexibility index (Phi) is 4.41. The molecule has 0 bridgehead atoms. The molecule has 0 atom stereocenters. The molecule has 0 unspecified atom stereocenters. The summed E-state index contributed by atoms with van der Waals surface area (Å²) in [5, 5.41) is 13.6. The standard InChI is InChI=1S/C9H8ClN3O4/c10-5-8(11)12-17-9(14)6-1-3-7(4-2-6)13(15)16/h1-4H,5H2,(H2,11,12). The molecule has 7 nitrogen and oxygen atoms in total. The maximum atomic E-state index is 11.3. The van der Waals surface area contributed by atoms with Crippen LogP contribution in [0.1, 0.15) is 10.4 Å². The molecule has 0 amide bonds. The number of rotatable bonds is 4. The van der Waals surface area contributed by atoms with Crippen LogP contribution in [0.4, 0.5) is 5.69 Å². The Bertz CT molecular complexity index is 458. The van der Waals surface area contributed by atoms with Crippen molar-refractivity contribution in [1.29, 1.82) is 0 Å². The van der Waals surface area contributed by atoms with Gasteiger partial charge in [-0.2, -0.15) is 0 Å². The maximum Gasteiger partial charge on any atom is 0.365 e. The van der Waals surface area contributed by atoms with Gasteiger partial charge in [-0.15, -0.1) is 11.6 Å². The Morgan fingerprint density at radius 3 is 2.53 bits per heavy atom. The fraction of sp³-hybridized carbons (Fsp3) is 0.111. The maximum absolute atomic E-state index is 11.3. The second-order valence-electron chi connectivity index (χ2n) is 2.90. The molecule has 1 aromatic rings. The van der Waals surface area contributed by atoms with Crippen LogP contribution in [0.25, 0.3) is 0 Å². The molecule has 0 aromatic heterocycles. The van der Waals surface area contributed by atoms with Gasteiger partial charge in [0.1, 0.15) is 0 Å². The fourth-order valence-corrected chi connectivity index (χ4v) is 0.945. The van der Waals surface area contributed by atoms with E-state index in [0.717, 1.165) is 0 Å². The third kappa shape index (κ3) is 3.72. The third-order valence-corrected chi connectivity index (χ3v) is 1.97. The number of nitro benzene ring substituents is 1. The van der Waals surface area contributed by atoms with Gasteiger partial charge in [-0.05, 0) is 12.1 Å². The van der Waals surface area contributed by atoms with Gasteiger partial charge in [-0.1, -0.05) is 5.16 Å². The van der Waals surface area contributed by atoms with E-state index in [9.17, 15) is 14.9 Å². The van der Waals surface area contributed by atoms with E-state index in [1.165, 1.54) is 24.3 Å². The number of nitro groups is 1. The minimum absolute atomic E-state index is 0.0399. The zero-order valence-corrected chi connectivity index (χ0v) is 9.26. The van der Waals surface area contributed by atoms with Gasteiger partial charge in [0.2, 0.25) is 0 Å². The second-order valence-corrected chi connectivity index (χ2v) is 3.17. The molecule has 1 aromatic carbocycles. The number of carbonyl (C=O) groups is 1. The van der Waals surface area contributed by atoms with E-state index in [1.807, 2.05) is 0 Å². The van der Waals surface area contributed by atoms with E-state index in [-0.39, 0.29) is 23.0 Å². The number of hydrogen-bond acceptors (Lipinski definition) is 5. The number of nitrogens with zero attached hydrogens (tertiary/aromatic N) is 2. The van der Waals surface area contributed by atoms with E-state index in [0.29, 0.717) is 0 Å². The van der Waals surface area contributed by atoms with Crippen LogP contribution in [0.5, 0.6) is 0 Å². The number of alkyl halides is 1. The summed E-state index contributed by atoms with van der Waals surface area (Å²) >= 11 is 5.32. The average molecular weight is 258 g/mol. The Labute approximate surface area is 101 Å². The number of nitrogens with two attached hydrogens (primary N) is 1. The molecular weight excluding hydrogens is 250 g/mol. The Morgan fingerprint density at radius 1 is 1.47 bits per heavy atom. The molecule has 17 heavy (non-hydrogen) atoms. The second kappa shape index (κ2) is 5.80. The SMILES string of the molecule is N/C(CCl)=N/OC(=O)c1ccc([N+](=O)[O-])cc1. The smallest absolute Gasteiger partial charge is 0.365 e. The van der Waals surface area contributed by atoms with E-state index in [2.05, 4.69) is 9.99 Å². The highest BCUT2D eigenvalue weighted by atomic mass is 35.5. The van der Waals surface area contributed by atoms with Crippen molar-refractivity contribution in [2.45, 2.75) is 0 Å². The van der Waals surface area contributed by atoms with E-state index >= 15 is 0 Å². The number of hydrogen-bond donors (Lipinski definition) is 1. The number of benzene rings is 1. The van der Waals surface area contributed by atoms with Gasteiger partial charge in [0.05, 0.1) is 16.4 Å². The van der Waals surface area contributed by atoms with Crippen LogP contribution in [0.3, 0.4) is 0 Å². The Hall–Kier alpha value is -2.15. The highest BCUT2D eigenvalue weighted by Crippen LogP contribution is 2.12. The zero-order valence-electron chi connectivity index (χ0n) is 8.50. The first kappa shape index (κ1) is 12.9. The van der Waals surface area contributed by atoms with Crippen LogP contribution < -0.4 is 5.73 Å². The van der Waals surface area contributed by atoms with Crippen molar-refractivity contribution in [2.75, 3.05) is 5.88 Å². The minimum atomic E-state index is -0.770. The lowest BCUT2D eigenvalue weighted by Crippen LogP contribution is -2.15. The monoisotopic (exact) mass is 257 g/mol. The van der Waals surface area contributed by atoms with Crippen molar-refractivity contribution >= 4 is 29.1 Å². The normalized spacial score (nSPS) is 11.0. The molecular formula is C9H8ClN3O4. The van der Waals surface area contributed by atoms with Gasteiger partial charge in [-0.25, -0.2) is 4.79 Å². The molecule has 2 N–H and O–H groups in total. The van der Waals surface area contributed by atoms with Crippen molar-refractivity contribution in [3.63, 3.8) is 0 Å². The largest absolute Gasteiger partial charge is 0.383 e. The van der Waals surface area contributed by atoms with Crippen molar-refractivity contribution < 1.29 is 14.6 Å². The highest BCUT2D eigenvalue weighted by molar-refractivity contribution is 6.27. The van der Waals surface area contributed by atoms with Gasteiger partial charge < -0.3 is 10.6 Å². The summed E-state index contributed by atoms with van der Waals surface area (Å²) in [4.78, 5) is 25.6. The van der Waals surface area contributed by atoms with E-state index in [4.69, 9.17) is 17.3 Å². The lowest BCUT2D eigenvalue weighted by atomic mass is 10.2. The van der Waals surface area contributed by atoms with Gasteiger partial charge in [0.15, 0.2) is 5.84 Å². The van der Waals surface area contributed by atoms with Gasteiger partial charge in [-0.3, -0.25) is 10.1 Å². The molecule has 0 aliphatic heterocycles. The van der Waals surface area contributed by atoms with E-state index in [1.54, 1.807) is 0 Å². The molecule has 90 valence electrons. The van der Waals surface area contributed by atoms with E-state index < -0.39 is 10.9 Å². The van der Waals surface area contributed by atoms with Crippen LogP contribution >= 0.6 is 11.6 Å². The molecule has 0 fully saturated rings. The number of halogens is 1. The van der Waals surface area contributed by atoms with Crippen molar-refractivity contribution in [3.8, 4) is 0 Å². The molecule has 0 saturated heterocycles. The Morgan fingerprint density at radius 2 is 2.06 bits per heavy atom. The quantitative estimate of drug-likeness (QED) is 0.218. The van der Waals surface area contributed by atoms with Crippen LogP contribution in [0.15, 0.2) is 29.4 Å². The summed E-state index contributed by atoms with van der Waals surface area (Å²) in [6, 6.07) is 4.89. The summed E-state index contributed by atoms with van der Waals surface area (Å²) in [5.41, 5.74) is 5.22. The summed E-state index contributed by atoms with van der Waals surface area (Å²) < 4.78 is 0. The predicted molar refractivity (Wildman–Crippen MR) is 60.9 cm³/mol. The molecule has 0 heterocycles.